The minimum atomic E-state index is 0. The van der Waals surface area contributed by atoms with Crippen LogP contribution < -0.4 is 4.74 Å². The number of benzene rings is 1. The third-order valence-electron chi connectivity index (χ3n) is 3.69. The third kappa shape index (κ3) is 4.58. The van der Waals surface area contributed by atoms with Crippen LogP contribution in [0.4, 0.5) is 0 Å². The van der Waals surface area contributed by atoms with Gasteiger partial charge in [0.05, 0.1) is 13.7 Å². The predicted octanol–water partition coefficient (Wildman–Crippen LogP) is 2.09. The number of halogens is 1. The molecule has 0 unspecified atom stereocenters. The van der Waals surface area contributed by atoms with Crippen LogP contribution in [0.2, 0.25) is 0 Å². The fourth-order valence-electron chi connectivity index (χ4n) is 2.33. The molecule has 0 atom stereocenters. The standard InChI is InChI=1S/C15H22N2O2.BrH/c1-3-16-8-10-17(11-9-16)12-15(18)13-4-6-14(19-2)7-5-13;/h4-7H,3,8-12H2,1-2H3;1H. The Morgan fingerprint density at radius 1 is 1.10 bits per heavy atom. The summed E-state index contributed by atoms with van der Waals surface area (Å²) in [4.78, 5) is 16.8. The first kappa shape index (κ1) is 17.1. The topological polar surface area (TPSA) is 32.8 Å². The largest absolute Gasteiger partial charge is 0.497 e. The molecule has 4 nitrogen and oxygen atoms in total. The Hall–Kier alpha value is -0.910. The van der Waals surface area contributed by atoms with Gasteiger partial charge in [-0.05, 0) is 30.8 Å². The fraction of sp³-hybridized carbons (Fsp3) is 0.533. The lowest BCUT2D eigenvalue weighted by molar-refractivity contribution is 0.0859. The Kier molecular flexibility index (Phi) is 7.19. The number of hydrogen-bond donors (Lipinski definition) is 0. The van der Waals surface area contributed by atoms with E-state index in [0.29, 0.717) is 6.54 Å². The molecule has 5 heteroatoms. The van der Waals surface area contributed by atoms with E-state index < -0.39 is 0 Å². The van der Waals surface area contributed by atoms with Gasteiger partial charge in [-0.15, -0.1) is 17.0 Å². The number of piperazine rings is 1. The van der Waals surface area contributed by atoms with Gasteiger partial charge >= 0.3 is 0 Å². The number of hydrogen-bond acceptors (Lipinski definition) is 4. The Morgan fingerprint density at radius 2 is 1.65 bits per heavy atom. The van der Waals surface area contributed by atoms with Crippen molar-refractivity contribution in [2.45, 2.75) is 6.92 Å². The maximum atomic E-state index is 12.2. The summed E-state index contributed by atoms with van der Waals surface area (Å²) >= 11 is 0. The zero-order chi connectivity index (χ0) is 13.7. The summed E-state index contributed by atoms with van der Waals surface area (Å²) in [5.74, 6) is 0.973. The van der Waals surface area contributed by atoms with Gasteiger partial charge in [0.25, 0.3) is 0 Å². The maximum absolute atomic E-state index is 12.2. The minimum absolute atomic E-state index is 0. The minimum Gasteiger partial charge on any atom is -0.497 e. The molecule has 2 rings (SSSR count). The van der Waals surface area contributed by atoms with Crippen LogP contribution in [0.3, 0.4) is 0 Å². The fourth-order valence-corrected chi connectivity index (χ4v) is 2.33. The first-order valence-electron chi connectivity index (χ1n) is 6.85. The van der Waals surface area contributed by atoms with Crippen LogP contribution in [-0.2, 0) is 0 Å². The molecule has 1 aliphatic rings. The summed E-state index contributed by atoms with van der Waals surface area (Å²) in [6.45, 7) is 7.88. The van der Waals surface area contributed by atoms with E-state index in [1.807, 2.05) is 24.3 Å². The van der Waals surface area contributed by atoms with Crippen molar-refractivity contribution in [3.8, 4) is 5.75 Å². The summed E-state index contributed by atoms with van der Waals surface area (Å²) in [7, 11) is 1.63. The average molecular weight is 343 g/mol. The molecule has 1 fully saturated rings. The lowest BCUT2D eigenvalue weighted by atomic mass is 10.1. The van der Waals surface area contributed by atoms with E-state index in [0.717, 1.165) is 44.0 Å². The van der Waals surface area contributed by atoms with Gasteiger partial charge in [0, 0.05) is 31.7 Å². The van der Waals surface area contributed by atoms with Crippen LogP contribution in [0.25, 0.3) is 0 Å². The highest BCUT2D eigenvalue weighted by Crippen LogP contribution is 2.12. The molecule has 0 aromatic heterocycles. The van der Waals surface area contributed by atoms with Gasteiger partial charge in [-0.2, -0.15) is 0 Å². The van der Waals surface area contributed by atoms with Gasteiger partial charge in [-0.3, -0.25) is 9.69 Å². The van der Waals surface area contributed by atoms with E-state index in [4.69, 9.17) is 4.74 Å². The molecule has 1 aromatic carbocycles. The summed E-state index contributed by atoms with van der Waals surface area (Å²) in [5, 5.41) is 0. The second-order valence-corrected chi connectivity index (χ2v) is 4.86. The quantitative estimate of drug-likeness (QED) is 0.767. The van der Waals surface area contributed by atoms with Crippen molar-refractivity contribution < 1.29 is 9.53 Å². The zero-order valence-corrected chi connectivity index (χ0v) is 13.9. The first-order valence-corrected chi connectivity index (χ1v) is 6.85. The smallest absolute Gasteiger partial charge is 0.176 e. The van der Waals surface area contributed by atoms with Crippen molar-refractivity contribution in [1.82, 2.24) is 9.80 Å². The molecule has 20 heavy (non-hydrogen) atoms. The van der Waals surface area contributed by atoms with Gasteiger partial charge in [-0.25, -0.2) is 0 Å². The number of methoxy groups -OCH3 is 1. The highest BCUT2D eigenvalue weighted by Gasteiger charge is 2.18. The molecule has 0 radical (unpaired) electrons. The zero-order valence-electron chi connectivity index (χ0n) is 12.2. The first-order chi connectivity index (χ1) is 9.22. The molecule has 0 bridgehead atoms. The molecular weight excluding hydrogens is 320 g/mol. The van der Waals surface area contributed by atoms with E-state index in [2.05, 4.69) is 16.7 Å². The van der Waals surface area contributed by atoms with E-state index in [9.17, 15) is 4.79 Å². The monoisotopic (exact) mass is 342 g/mol. The molecule has 1 saturated heterocycles. The normalized spacial score (nSPS) is 16.5. The number of Topliss-reactive ketones (excluding diaryl/α,β-unsaturated/α-hetero) is 1. The van der Waals surface area contributed by atoms with Crippen LogP contribution in [0, 0.1) is 0 Å². The number of carbonyl (C=O) groups is 1. The molecule has 112 valence electrons. The molecule has 0 aliphatic carbocycles. The third-order valence-corrected chi connectivity index (χ3v) is 3.69. The molecule has 0 spiro atoms. The van der Waals surface area contributed by atoms with Crippen molar-refractivity contribution in [2.24, 2.45) is 0 Å². The van der Waals surface area contributed by atoms with Crippen LogP contribution in [-0.4, -0.2) is 62.0 Å². The summed E-state index contributed by atoms with van der Waals surface area (Å²) in [6.07, 6.45) is 0. The molecule has 1 aromatic rings. The Labute approximate surface area is 131 Å². The van der Waals surface area contributed by atoms with Crippen molar-refractivity contribution in [3.05, 3.63) is 29.8 Å². The number of ketones is 1. The number of rotatable bonds is 5. The molecule has 1 heterocycles. The van der Waals surface area contributed by atoms with Crippen molar-refractivity contribution in [3.63, 3.8) is 0 Å². The van der Waals surface area contributed by atoms with Crippen molar-refractivity contribution in [2.75, 3.05) is 46.4 Å². The van der Waals surface area contributed by atoms with Gasteiger partial charge in [0.15, 0.2) is 5.78 Å². The predicted molar refractivity (Wildman–Crippen MR) is 86.2 cm³/mol. The van der Waals surface area contributed by atoms with Crippen molar-refractivity contribution in [1.29, 1.82) is 0 Å². The second kappa shape index (κ2) is 8.39. The highest BCUT2D eigenvalue weighted by molar-refractivity contribution is 8.93. The number of likely N-dealkylation sites (N-methyl/N-ethyl adjacent to an activating group) is 1. The van der Waals surface area contributed by atoms with Gasteiger partial charge in [-0.1, -0.05) is 6.92 Å². The lowest BCUT2D eigenvalue weighted by Crippen LogP contribution is -2.47. The number of ether oxygens (including phenoxy) is 1. The Balaban J connectivity index is 0.00000200. The van der Waals surface area contributed by atoms with Crippen LogP contribution >= 0.6 is 17.0 Å². The second-order valence-electron chi connectivity index (χ2n) is 4.86. The van der Waals surface area contributed by atoms with Gasteiger partial charge in [0.1, 0.15) is 5.75 Å². The number of carbonyl (C=O) groups excluding carboxylic acids is 1. The average Bonchev–Trinajstić information content (AvgIpc) is 2.48. The summed E-state index contributed by atoms with van der Waals surface area (Å²) in [6, 6.07) is 7.34. The lowest BCUT2D eigenvalue weighted by Gasteiger charge is -2.33. The van der Waals surface area contributed by atoms with E-state index in [-0.39, 0.29) is 22.8 Å². The Morgan fingerprint density at radius 3 is 2.15 bits per heavy atom. The van der Waals surface area contributed by atoms with E-state index in [1.54, 1.807) is 7.11 Å². The van der Waals surface area contributed by atoms with Crippen LogP contribution in [0.15, 0.2) is 24.3 Å². The molecule has 0 amide bonds. The van der Waals surface area contributed by atoms with Gasteiger partial charge < -0.3 is 9.64 Å². The highest BCUT2D eigenvalue weighted by atomic mass is 79.9. The van der Waals surface area contributed by atoms with E-state index >= 15 is 0 Å². The summed E-state index contributed by atoms with van der Waals surface area (Å²) < 4.78 is 5.10. The van der Waals surface area contributed by atoms with Crippen LogP contribution in [0.5, 0.6) is 5.75 Å². The van der Waals surface area contributed by atoms with Crippen molar-refractivity contribution >= 4 is 22.8 Å². The van der Waals surface area contributed by atoms with Gasteiger partial charge in [0.2, 0.25) is 0 Å². The Bertz CT molecular complexity index is 414. The molecule has 0 N–H and O–H groups in total. The number of nitrogens with zero attached hydrogens (tertiary/aromatic N) is 2. The molecule has 0 saturated carbocycles. The van der Waals surface area contributed by atoms with Crippen LogP contribution in [0.1, 0.15) is 17.3 Å². The summed E-state index contributed by atoms with van der Waals surface area (Å²) in [5.41, 5.74) is 0.763. The molecular formula is C15H23BrN2O2. The maximum Gasteiger partial charge on any atom is 0.176 e. The van der Waals surface area contributed by atoms with E-state index in [1.165, 1.54) is 0 Å². The molecule has 1 aliphatic heterocycles. The SMILES string of the molecule is Br.CCN1CCN(CC(=O)c2ccc(OC)cc2)CC1.